The summed E-state index contributed by atoms with van der Waals surface area (Å²) in [6.45, 7) is 4.42. The molecular weight excluding hydrogens is 264 g/mol. The van der Waals surface area contributed by atoms with Crippen molar-refractivity contribution >= 4 is 5.78 Å². The van der Waals surface area contributed by atoms with E-state index in [-0.39, 0.29) is 55.4 Å². The normalized spacial score (nSPS) is 37.0. The molecule has 0 bridgehead atoms. The molecule has 20 heavy (non-hydrogen) atoms. The van der Waals surface area contributed by atoms with Gasteiger partial charge >= 0.3 is 0 Å². The SMILES string of the molecule is CC(C(=O)C(C)C1COC(CO)N1)C1COC(CO)N1. The van der Waals surface area contributed by atoms with E-state index in [0.29, 0.717) is 13.2 Å². The number of nitrogens with one attached hydrogen (secondary N) is 2. The molecule has 0 aliphatic carbocycles. The van der Waals surface area contributed by atoms with Crippen LogP contribution >= 0.6 is 0 Å². The van der Waals surface area contributed by atoms with Crippen molar-refractivity contribution in [1.82, 2.24) is 10.6 Å². The number of hydrogen-bond acceptors (Lipinski definition) is 7. The number of rotatable bonds is 6. The van der Waals surface area contributed by atoms with E-state index in [4.69, 9.17) is 19.7 Å². The molecule has 0 radical (unpaired) electrons. The third kappa shape index (κ3) is 3.36. The number of ketones is 1. The highest BCUT2D eigenvalue weighted by atomic mass is 16.5. The smallest absolute Gasteiger partial charge is 0.141 e. The van der Waals surface area contributed by atoms with Crippen LogP contribution in [0.4, 0.5) is 0 Å². The van der Waals surface area contributed by atoms with Gasteiger partial charge in [-0.05, 0) is 0 Å². The van der Waals surface area contributed by atoms with E-state index in [1.807, 2.05) is 13.8 Å². The lowest BCUT2D eigenvalue weighted by atomic mass is 9.86. The molecule has 2 saturated heterocycles. The van der Waals surface area contributed by atoms with E-state index < -0.39 is 0 Å². The fourth-order valence-electron chi connectivity index (χ4n) is 2.71. The van der Waals surface area contributed by atoms with Gasteiger partial charge in [-0.3, -0.25) is 15.4 Å². The lowest BCUT2D eigenvalue weighted by Gasteiger charge is -2.24. The molecule has 116 valence electrons. The van der Waals surface area contributed by atoms with Crippen LogP contribution < -0.4 is 10.6 Å². The molecule has 0 aromatic carbocycles. The molecule has 0 aromatic rings. The van der Waals surface area contributed by atoms with Gasteiger partial charge in [0, 0.05) is 23.9 Å². The molecule has 0 saturated carbocycles. The number of hydrogen-bond donors (Lipinski definition) is 4. The minimum Gasteiger partial charge on any atom is -0.392 e. The first kappa shape index (κ1) is 15.8. The first-order valence-electron chi connectivity index (χ1n) is 7.07. The summed E-state index contributed by atoms with van der Waals surface area (Å²) in [5.41, 5.74) is 0. The van der Waals surface area contributed by atoms with Gasteiger partial charge in [-0.15, -0.1) is 0 Å². The van der Waals surface area contributed by atoms with E-state index in [9.17, 15) is 4.79 Å². The maximum Gasteiger partial charge on any atom is 0.141 e. The highest BCUT2D eigenvalue weighted by Crippen LogP contribution is 2.21. The molecule has 4 N–H and O–H groups in total. The van der Waals surface area contributed by atoms with Crippen molar-refractivity contribution in [2.45, 2.75) is 38.4 Å². The van der Waals surface area contributed by atoms with Crippen molar-refractivity contribution < 1.29 is 24.5 Å². The van der Waals surface area contributed by atoms with E-state index in [1.54, 1.807) is 0 Å². The molecule has 0 amide bonds. The lowest BCUT2D eigenvalue weighted by Crippen LogP contribution is -2.46. The molecule has 0 aromatic heterocycles. The third-order valence-electron chi connectivity index (χ3n) is 4.19. The number of ether oxygens (including phenoxy) is 2. The second-order valence-electron chi connectivity index (χ2n) is 5.54. The lowest BCUT2D eigenvalue weighted by molar-refractivity contribution is -0.127. The van der Waals surface area contributed by atoms with Crippen molar-refractivity contribution in [2.24, 2.45) is 11.8 Å². The van der Waals surface area contributed by atoms with Crippen LogP contribution in [-0.2, 0) is 14.3 Å². The number of carbonyl (C=O) groups is 1. The predicted molar refractivity (Wildman–Crippen MR) is 70.8 cm³/mol. The largest absolute Gasteiger partial charge is 0.392 e. The Balaban J connectivity index is 1.87. The van der Waals surface area contributed by atoms with Gasteiger partial charge in [0.25, 0.3) is 0 Å². The number of carbonyl (C=O) groups excluding carboxylic acids is 1. The minimum atomic E-state index is -0.378. The molecular formula is C13H24N2O5. The van der Waals surface area contributed by atoms with E-state index >= 15 is 0 Å². The molecule has 7 heteroatoms. The van der Waals surface area contributed by atoms with Crippen molar-refractivity contribution in [1.29, 1.82) is 0 Å². The van der Waals surface area contributed by atoms with Gasteiger partial charge in [0.2, 0.25) is 0 Å². The van der Waals surface area contributed by atoms with Crippen molar-refractivity contribution in [3.05, 3.63) is 0 Å². The summed E-state index contributed by atoms with van der Waals surface area (Å²) in [5.74, 6) is -0.266. The predicted octanol–water partition coefficient (Wildman–Crippen LogP) is -1.56. The van der Waals surface area contributed by atoms with Crippen LogP contribution in [0, 0.1) is 11.8 Å². The maximum absolute atomic E-state index is 12.5. The quantitative estimate of drug-likeness (QED) is 0.469. The Labute approximate surface area is 118 Å². The van der Waals surface area contributed by atoms with Crippen LogP contribution in [0.25, 0.3) is 0 Å². The van der Waals surface area contributed by atoms with Gasteiger partial charge in [-0.2, -0.15) is 0 Å². The fourth-order valence-corrected chi connectivity index (χ4v) is 2.71. The molecule has 6 atom stereocenters. The average Bonchev–Trinajstić information content (AvgIpc) is 3.13. The number of aliphatic hydroxyl groups is 2. The summed E-state index contributed by atoms with van der Waals surface area (Å²) >= 11 is 0. The summed E-state index contributed by atoms with van der Waals surface area (Å²) in [6.07, 6.45) is -0.755. The minimum absolute atomic E-state index is 0.0712. The molecule has 6 unspecified atom stereocenters. The number of Topliss-reactive ketones (excluding diaryl/α,β-unsaturated/α-hetero) is 1. The molecule has 2 aliphatic heterocycles. The molecule has 2 aliphatic rings. The Hall–Kier alpha value is -0.570. The van der Waals surface area contributed by atoms with Crippen LogP contribution in [0.5, 0.6) is 0 Å². The Morgan fingerprint density at radius 2 is 1.45 bits per heavy atom. The van der Waals surface area contributed by atoms with Gasteiger partial charge in [-0.25, -0.2) is 0 Å². The highest BCUT2D eigenvalue weighted by molar-refractivity contribution is 5.84. The average molecular weight is 288 g/mol. The summed E-state index contributed by atoms with van der Waals surface area (Å²) < 4.78 is 10.7. The zero-order valence-corrected chi connectivity index (χ0v) is 11.9. The van der Waals surface area contributed by atoms with Crippen LogP contribution in [0.1, 0.15) is 13.8 Å². The highest BCUT2D eigenvalue weighted by Gasteiger charge is 2.38. The van der Waals surface area contributed by atoms with Gasteiger partial charge in [0.05, 0.1) is 26.4 Å². The topological polar surface area (TPSA) is 100 Å². The monoisotopic (exact) mass is 288 g/mol. The molecule has 2 rings (SSSR count). The Bertz CT molecular complexity index is 311. The second-order valence-corrected chi connectivity index (χ2v) is 5.54. The van der Waals surface area contributed by atoms with Crippen LogP contribution in [-0.4, -0.2) is 67.0 Å². The van der Waals surface area contributed by atoms with E-state index in [1.165, 1.54) is 0 Å². The first-order chi connectivity index (χ1) is 9.56. The Morgan fingerprint density at radius 3 is 1.75 bits per heavy atom. The summed E-state index contributed by atoms with van der Waals surface area (Å²) in [4.78, 5) is 12.5. The van der Waals surface area contributed by atoms with Gasteiger partial charge in [-0.1, -0.05) is 13.8 Å². The summed E-state index contributed by atoms with van der Waals surface area (Å²) in [5, 5.41) is 24.2. The standard InChI is InChI=1S/C13H24N2O5/c1-7(9-5-19-11(3-16)14-9)13(18)8(2)10-6-20-12(4-17)15-10/h7-12,14-17H,3-6H2,1-2H3. The zero-order chi connectivity index (χ0) is 14.7. The summed E-state index contributed by atoms with van der Waals surface area (Å²) in [7, 11) is 0. The molecule has 7 nitrogen and oxygen atoms in total. The molecule has 0 spiro atoms. The van der Waals surface area contributed by atoms with Crippen molar-refractivity contribution in [3.8, 4) is 0 Å². The second kappa shape index (κ2) is 6.93. The van der Waals surface area contributed by atoms with Crippen LogP contribution in [0.3, 0.4) is 0 Å². The van der Waals surface area contributed by atoms with Crippen LogP contribution in [0.15, 0.2) is 0 Å². The molecule has 2 fully saturated rings. The Kier molecular flexibility index (Phi) is 5.48. The molecule has 2 heterocycles. The van der Waals surface area contributed by atoms with E-state index in [0.717, 1.165) is 0 Å². The van der Waals surface area contributed by atoms with Gasteiger partial charge in [0.15, 0.2) is 0 Å². The summed E-state index contributed by atoms with van der Waals surface area (Å²) in [6, 6.07) is -0.142. The zero-order valence-electron chi connectivity index (χ0n) is 11.9. The van der Waals surface area contributed by atoms with Gasteiger partial charge in [0.1, 0.15) is 18.2 Å². The third-order valence-corrected chi connectivity index (χ3v) is 4.19. The fraction of sp³-hybridized carbons (Fsp3) is 0.923. The van der Waals surface area contributed by atoms with E-state index in [2.05, 4.69) is 10.6 Å². The van der Waals surface area contributed by atoms with Gasteiger partial charge < -0.3 is 19.7 Å². The first-order valence-corrected chi connectivity index (χ1v) is 7.07. The van der Waals surface area contributed by atoms with Crippen molar-refractivity contribution in [3.63, 3.8) is 0 Å². The maximum atomic E-state index is 12.5. The van der Waals surface area contributed by atoms with Crippen molar-refractivity contribution in [2.75, 3.05) is 26.4 Å². The van der Waals surface area contributed by atoms with Crippen LogP contribution in [0.2, 0.25) is 0 Å². The Morgan fingerprint density at radius 1 is 1.05 bits per heavy atom. The number of aliphatic hydroxyl groups excluding tert-OH is 2.